The summed E-state index contributed by atoms with van der Waals surface area (Å²) >= 11 is 0. The average Bonchev–Trinajstić information content (AvgIpc) is 2.53. The Hall–Kier alpha value is -1.71. The van der Waals surface area contributed by atoms with E-state index in [-0.39, 0.29) is 18.4 Å². The topological polar surface area (TPSA) is 44.5 Å². The minimum atomic E-state index is 0. The summed E-state index contributed by atoms with van der Waals surface area (Å²) in [6, 6.07) is 16.1. The smallest absolute Gasteiger partial charge is 0.161 e. The minimum Gasteiger partial charge on any atom is -0.493 e. The van der Waals surface area contributed by atoms with Crippen molar-refractivity contribution in [2.45, 2.75) is 32.9 Å². The minimum absolute atomic E-state index is 0. The predicted octanol–water partition coefficient (Wildman–Crippen LogP) is 4.74. The van der Waals surface area contributed by atoms with Crippen molar-refractivity contribution in [2.24, 2.45) is 11.7 Å². The third-order valence-corrected chi connectivity index (χ3v) is 3.58. The lowest BCUT2D eigenvalue weighted by atomic mass is 9.97. The van der Waals surface area contributed by atoms with Crippen molar-refractivity contribution in [3.05, 3.63) is 59.7 Å². The highest BCUT2D eigenvalue weighted by molar-refractivity contribution is 5.85. The number of methoxy groups -OCH3 is 1. The van der Waals surface area contributed by atoms with Crippen molar-refractivity contribution in [1.29, 1.82) is 0 Å². The molecule has 0 aliphatic rings. The van der Waals surface area contributed by atoms with Gasteiger partial charge in [-0.1, -0.05) is 50.2 Å². The number of rotatable bonds is 7. The first-order chi connectivity index (χ1) is 10.6. The van der Waals surface area contributed by atoms with Crippen molar-refractivity contribution in [3.8, 4) is 11.5 Å². The van der Waals surface area contributed by atoms with E-state index in [1.165, 1.54) is 0 Å². The summed E-state index contributed by atoms with van der Waals surface area (Å²) in [6.07, 6.45) is 0.952. The molecule has 0 amide bonds. The molecule has 0 saturated heterocycles. The second-order valence-corrected chi connectivity index (χ2v) is 5.92. The zero-order valence-corrected chi connectivity index (χ0v) is 14.8. The Bertz CT molecular complexity index is 587. The molecule has 1 atom stereocenters. The Morgan fingerprint density at radius 1 is 1.00 bits per heavy atom. The summed E-state index contributed by atoms with van der Waals surface area (Å²) in [7, 11) is 1.66. The lowest BCUT2D eigenvalue weighted by Gasteiger charge is -2.17. The molecule has 2 N–H and O–H groups in total. The molecule has 0 fully saturated rings. The van der Waals surface area contributed by atoms with E-state index in [1.807, 2.05) is 48.5 Å². The summed E-state index contributed by atoms with van der Waals surface area (Å²) in [5.74, 6) is 2.04. The van der Waals surface area contributed by atoms with Crippen LogP contribution in [0.3, 0.4) is 0 Å². The molecule has 0 radical (unpaired) electrons. The van der Waals surface area contributed by atoms with Gasteiger partial charge in [0.25, 0.3) is 0 Å². The Balaban J connectivity index is 0.00000264. The molecule has 3 nitrogen and oxygen atoms in total. The van der Waals surface area contributed by atoms with Gasteiger partial charge < -0.3 is 15.2 Å². The van der Waals surface area contributed by atoms with Gasteiger partial charge >= 0.3 is 0 Å². The van der Waals surface area contributed by atoms with E-state index in [1.54, 1.807) is 7.11 Å². The molecule has 4 heteroatoms. The van der Waals surface area contributed by atoms with E-state index < -0.39 is 0 Å². The molecule has 2 aromatic carbocycles. The maximum absolute atomic E-state index is 6.24. The first kappa shape index (κ1) is 19.3. The average molecular weight is 336 g/mol. The molecule has 126 valence electrons. The molecule has 0 unspecified atom stereocenters. The van der Waals surface area contributed by atoms with Gasteiger partial charge in [0.2, 0.25) is 0 Å². The number of ether oxygens (including phenoxy) is 2. The van der Waals surface area contributed by atoms with Gasteiger partial charge in [-0.3, -0.25) is 0 Å². The van der Waals surface area contributed by atoms with Crippen molar-refractivity contribution in [2.75, 3.05) is 7.11 Å². The van der Waals surface area contributed by atoms with Crippen molar-refractivity contribution in [1.82, 2.24) is 0 Å². The van der Waals surface area contributed by atoms with E-state index in [0.29, 0.717) is 12.5 Å². The van der Waals surface area contributed by atoms with Crippen LogP contribution in [0.4, 0.5) is 0 Å². The lowest BCUT2D eigenvalue weighted by Crippen LogP contribution is -2.13. The highest BCUT2D eigenvalue weighted by Crippen LogP contribution is 2.31. The third-order valence-electron chi connectivity index (χ3n) is 3.58. The first-order valence-electron chi connectivity index (χ1n) is 7.70. The molecular weight excluding hydrogens is 310 g/mol. The van der Waals surface area contributed by atoms with E-state index in [4.69, 9.17) is 15.2 Å². The van der Waals surface area contributed by atoms with E-state index >= 15 is 0 Å². The van der Waals surface area contributed by atoms with Crippen LogP contribution in [0.25, 0.3) is 0 Å². The second-order valence-electron chi connectivity index (χ2n) is 5.92. The van der Waals surface area contributed by atoms with Gasteiger partial charge in [0.1, 0.15) is 6.61 Å². The molecule has 2 aromatic rings. The SMILES string of the molecule is COc1cc([C@H](N)CC(C)C)ccc1OCc1ccccc1.Cl. The van der Waals surface area contributed by atoms with Crippen molar-refractivity contribution in [3.63, 3.8) is 0 Å². The zero-order chi connectivity index (χ0) is 15.9. The largest absolute Gasteiger partial charge is 0.493 e. The van der Waals surface area contributed by atoms with Gasteiger partial charge in [-0.15, -0.1) is 12.4 Å². The maximum atomic E-state index is 6.24. The summed E-state index contributed by atoms with van der Waals surface area (Å²) in [4.78, 5) is 0. The normalized spacial score (nSPS) is 11.7. The van der Waals surface area contributed by atoms with Gasteiger partial charge in [0, 0.05) is 6.04 Å². The Morgan fingerprint density at radius 2 is 1.70 bits per heavy atom. The summed E-state index contributed by atoms with van der Waals surface area (Å²) < 4.78 is 11.3. The summed E-state index contributed by atoms with van der Waals surface area (Å²) in [6.45, 7) is 4.87. The van der Waals surface area contributed by atoms with Gasteiger partial charge in [-0.05, 0) is 35.6 Å². The van der Waals surface area contributed by atoms with Crippen LogP contribution < -0.4 is 15.2 Å². The quantitative estimate of drug-likeness (QED) is 0.794. The maximum Gasteiger partial charge on any atom is 0.161 e. The molecule has 0 heterocycles. The molecule has 23 heavy (non-hydrogen) atoms. The number of benzene rings is 2. The number of halogens is 1. The Kier molecular flexibility index (Phi) is 7.93. The molecule has 0 bridgehead atoms. The third kappa shape index (κ3) is 5.77. The Morgan fingerprint density at radius 3 is 2.30 bits per heavy atom. The molecule has 0 aliphatic carbocycles. The van der Waals surface area contributed by atoms with Crippen molar-refractivity contribution < 1.29 is 9.47 Å². The van der Waals surface area contributed by atoms with Gasteiger partial charge in [0.15, 0.2) is 11.5 Å². The monoisotopic (exact) mass is 335 g/mol. The second kappa shape index (κ2) is 9.43. The van der Waals surface area contributed by atoms with Crippen LogP contribution in [0.2, 0.25) is 0 Å². The van der Waals surface area contributed by atoms with Gasteiger partial charge in [-0.25, -0.2) is 0 Å². The van der Waals surface area contributed by atoms with Crippen LogP contribution in [0.1, 0.15) is 37.4 Å². The first-order valence-corrected chi connectivity index (χ1v) is 7.70. The number of hydrogen-bond acceptors (Lipinski definition) is 3. The fraction of sp³-hybridized carbons (Fsp3) is 0.368. The van der Waals surface area contributed by atoms with E-state index in [2.05, 4.69) is 13.8 Å². The summed E-state index contributed by atoms with van der Waals surface area (Å²) in [5.41, 5.74) is 8.45. The van der Waals surface area contributed by atoms with Gasteiger partial charge in [0.05, 0.1) is 7.11 Å². The van der Waals surface area contributed by atoms with E-state index in [0.717, 1.165) is 29.0 Å². The standard InChI is InChI=1S/C19H25NO2.ClH/c1-14(2)11-17(20)16-9-10-18(19(12-16)21-3)22-13-15-7-5-4-6-8-15;/h4-10,12,14,17H,11,13,20H2,1-3H3;1H/t17-;/m1./s1. The highest BCUT2D eigenvalue weighted by Gasteiger charge is 2.12. The molecule has 0 aliphatic heterocycles. The van der Waals surface area contributed by atoms with Crippen LogP contribution in [-0.4, -0.2) is 7.11 Å². The molecule has 0 saturated carbocycles. The Labute approximate surface area is 145 Å². The van der Waals surface area contributed by atoms with Crippen LogP contribution >= 0.6 is 12.4 Å². The van der Waals surface area contributed by atoms with Crippen LogP contribution in [0, 0.1) is 5.92 Å². The molecule has 2 rings (SSSR count). The molecular formula is C19H26ClNO2. The highest BCUT2D eigenvalue weighted by atomic mass is 35.5. The predicted molar refractivity (Wildman–Crippen MR) is 97.4 cm³/mol. The lowest BCUT2D eigenvalue weighted by molar-refractivity contribution is 0.284. The number of nitrogens with two attached hydrogens (primary N) is 1. The summed E-state index contributed by atoms with van der Waals surface area (Å²) in [5, 5.41) is 0. The number of hydrogen-bond donors (Lipinski definition) is 1. The molecule has 0 spiro atoms. The molecule has 0 aromatic heterocycles. The zero-order valence-electron chi connectivity index (χ0n) is 14.0. The van der Waals surface area contributed by atoms with Crippen LogP contribution in [0.5, 0.6) is 11.5 Å². The van der Waals surface area contributed by atoms with Crippen LogP contribution in [0.15, 0.2) is 48.5 Å². The fourth-order valence-corrected chi connectivity index (χ4v) is 2.41. The van der Waals surface area contributed by atoms with E-state index in [9.17, 15) is 0 Å². The fourth-order valence-electron chi connectivity index (χ4n) is 2.41. The van der Waals surface area contributed by atoms with Crippen molar-refractivity contribution >= 4 is 12.4 Å². The van der Waals surface area contributed by atoms with Gasteiger partial charge in [-0.2, -0.15) is 0 Å². The van der Waals surface area contributed by atoms with Crippen LogP contribution in [-0.2, 0) is 6.61 Å².